The smallest absolute Gasteiger partial charge is 0.320 e. The topological polar surface area (TPSA) is 70.4 Å². The molecule has 0 spiro atoms. The Labute approximate surface area is 80.4 Å². The summed E-state index contributed by atoms with van der Waals surface area (Å²) in [5, 5.41) is 0.865. The van der Waals surface area contributed by atoms with Crippen LogP contribution in [0.15, 0.2) is 36.4 Å². The quantitative estimate of drug-likeness (QED) is 0.688. The van der Waals surface area contributed by atoms with Crippen molar-refractivity contribution in [3.63, 3.8) is 0 Å². The van der Waals surface area contributed by atoms with Crippen LogP contribution in [0.3, 0.4) is 0 Å². The summed E-state index contributed by atoms with van der Waals surface area (Å²) in [5.41, 5.74) is 0.407. The number of hydrogen-bond acceptors (Lipinski definition) is 2. The Balaban J connectivity index is 2.69. The van der Waals surface area contributed by atoms with Crippen LogP contribution in [0.5, 0.6) is 0 Å². The number of nitrogens with zero attached hydrogens (tertiary/aromatic N) is 1. The van der Waals surface area contributed by atoms with E-state index in [0.29, 0.717) is 5.52 Å². The molecule has 1 aromatic carbocycles. The minimum Gasteiger partial charge on any atom is -0.320 e. The van der Waals surface area contributed by atoms with Crippen LogP contribution in [0.25, 0.3) is 10.9 Å². The number of aromatic nitrogens is 1. The van der Waals surface area contributed by atoms with E-state index in [9.17, 15) is 4.57 Å². The third kappa shape index (κ3) is 1.68. The van der Waals surface area contributed by atoms with Gasteiger partial charge in [-0.2, -0.15) is 0 Å². The summed E-state index contributed by atoms with van der Waals surface area (Å²) in [7, 11) is -4.23. The van der Waals surface area contributed by atoms with Gasteiger partial charge in [-0.3, -0.25) is 4.57 Å². The van der Waals surface area contributed by atoms with Gasteiger partial charge in [0.1, 0.15) is 0 Å². The first-order chi connectivity index (χ1) is 6.57. The van der Waals surface area contributed by atoms with Crippen LogP contribution < -0.4 is 5.44 Å². The zero-order valence-corrected chi connectivity index (χ0v) is 8.06. The lowest BCUT2D eigenvalue weighted by atomic mass is 10.2. The van der Waals surface area contributed by atoms with Gasteiger partial charge < -0.3 is 9.79 Å². The third-order valence-corrected chi connectivity index (χ3v) is 2.73. The van der Waals surface area contributed by atoms with Crippen molar-refractivity contribution >= 4 is 23.9 Å². The fourth-order valence-electron chi connectivity index (χ4n) is 1.22. The average Bonchev–Trinajstić information content (AvgIpc) is 2.16. The Hall–Kier alpha value is -1.22. The van der Waals surface area contributed by atoms with Gasteiger partial charge in [-0.1, -0.05) is 24.3 Å². The summed E-state index contributed by atoms with van der Waals surface area (Å²) in [4.78, 5) is 21.7. The van der Waals surface area contributed by atoms with Crippen LogP contribution >= 0.6 is 7.60 Å². The second kappa shape index (κ2) is 3.17. The molecular weight excluding hydrogens is 201 g/mol. The molecule has 1 heterocycles. The van der Waals surface area contributed by atoms with E-state index < -0.39 is 7.60 Å². The third-order valence-electron chi connectivity index (χ3n) is 1.88. The van der Waals surface area contributed by atoms with Gasteiger partial charge in [0.2, 0.25) is 0 Å². The molecule has 5 heteroatoms. The van der Waals surface area contributed by atoms with Crippen molar-refractivity contribution in [3.8, 4) is 0 Å². The molecule has 0 atom stereocenters. The summed E-state index contributed by atoms with van der Waals surface area (Å²) >= 11 is 0. The Kier molecular flexibility index (Phi) is 2.11. The van der Waals surface area contributed by atoms with E-state index >= 15 is 0 Å². The lowest BCUT2D eigenvalue weighted by Gasteiger charge is -2.03. The summed E-state index contributed by atoms with van der Waals surface area (Å²) in [5.74, 6) is 0. The van der Waals surface area contributed by atoms with Gasteiger partial charge in [-0.05, 0) is 12.1 Å². The van der Waals surface area contributed by atoms with E-state index in [1.165, 1.54) is 6.07 Å². The van der Waals surface area contributed by atoms with Gasteiger partial charge in [-0.15, -0.1) is 0 Å². The molecule has 14 heavy (non-hydrogen) atoms. The number of fused-ring (bicyclic) bond motifs is 1. The van der Waals surface area contributed by atoms with E-state index in [4.69, 9.17) is 9.79 Å². The van der Waals surface area contributed by atoms with Gasteiger partial charge in [0.25, 0.3) is 0 Å². The molecule has 72 valence electrons. The molecule has 0 unspecified atom stereocenters. The number of rotatable bonds is 1. The van der Waals surface area contributed by atoms with Gasteiger partial charge in [-0.25, -0.2) is 4.98 Å². The largest absolute Gasteiger partial charge is 0.374 e. The monoisotopic (exact) mass is 209 g/mol. The first-order valence-corrected chi connectivity index (χ1v) is 5.60. The van der Waals surface area contributed by atoms with E-state index in [0.717, 1.165) is 5.39 Å². The number of para-hydroxylation sites is 1. The minimum absolute atomic E-state index is 0.184. The highest BCUT2D eigenvalue weighted by Gasteiger charge is 2.18. The first kappa shape index (κ1) is 9.34. The van der Waals surface area contributed by atoms with E-state index in [1.54, 1.807) is 18.2 Å². The predicted molar refractivity (Wildman–Crippen MR) is 53.4 cm³/mol. The fraction of sp³-hybridized carbons (Fsp3) is 0. The lowest BCUT2D eigenvalue weighted by Crippen LogP contribution is -2.08. The molecule has 2 aromatic rings. The predicted octanol–water partition coefficient (Wildman–Crippen LogP) is 1.04. The van der Waals surface area contributed by atoms with E-state index in [1.807, 2.05) is 12.1 Å². The second-order valence-electron chi connectivity index (χ2n) is 2.91. The zero-order chi connectivity index (χ0) is 10.2. The average molecular weight is 209 g/mol. The maximum atomic E-state index is 10.9. The first-order valence-electron chi connectivity index (χ1n) is 3.99. The van der Waals surface area contributed by atoms with Crippen molar-refractivity contribution in [1.82, 2.24) is 4.98 Å². The number of pyridine rings is 1. The molecule has 0 aliphatic carbocycles. The highest BCUT2D eigenvalue weighted by Crippen LogP contribution is 2.32. The molecule has 1 aromatic heterocycles. The summed E-state index contributed by atoms with van der Waals surface area (Å²) in [6.45, 7) is 0. The van der Waals surface area contributed by atoms with Crippen LogP contribution in [0.1, 0.15) is 0 Å². The van der Waals surface area contributed by atoms with Gasteiger partial charge >= 0.3 is 7.60 Å². The number of benzene rings is 1. The van der Waals surface area contributed by atoms with Crippen molar-refractivity contribution in [2.75, 3.05) is 0 Å². The molecule has 0 aliphatic rings. The second-order valence-corrected chi connectivity index (χ2v) is 4.45. The van der Waals surface area contributed by atoms with Crippen LogP contribution in [-0.4, -0.2) is 14.8 Å². The zero-order valence-electron chi connectivity index (χ0n) is 7.16. The van der Waals surface area contributed by atoms with E-state index in [-0.39, 0.29) is 5.44 Å². The summed E-state index contributed by atoms with van der Waals surface area (Å²) in [6, 6.07) is 10.2. The van der Waals surface area contributed by atoms with Crippen LogP contribution in [0, 0.1) is 0 Å². The maximum absolute atomic E-state index is 10.9. The fourth-order valence-corrected chi connectivity index (χ4v) is 1.72. The van der Waals surface area contributed by atoms with Crippen molar-refractivity contribution in [1.29, 1.82) is 0 Å². The molecule has 2 N–H and O–H groups in total. The normalized spacial score (nSPS) is 11.9. The highest BCUT2D eigenvalue weighted by molar-refractivity contribution is 7.60. The molecule has 2 rings (SSSR count). The molecule has 0 radical (unpaired) electrons. The lowest BCUT2D eigenvalue weighted by molar-refractivity contribution is 0.386. The maximum Gasteiger partial charge on any atom is 0.374 e. The van der Waals surface area contributed by atoms with Crippen molar-refractivity contribution in [3.05, 3.63) is 36.4 Å². The molecule has 0 fully saturated rings. The Morgan fingerprint density at radius 2 is 1.79 bits per heavy atom. The molecule has 0 aliphatic heterocycles. The highest BCUT2D eigenvalue weighted by atomic mass is 31.2. The number of hydrogen-bond donors (Lipinski definition) is 2. The van der Waals surface area contributed by atoms with E-state index in [2.05, 4.69) is 4.98 Å². The molecule has 0 saturated carbocycles. The van der Waals surface area contributed by atoms with Crippen molar-refractivity contribution < 1.29 is 14.4 Å². The molecule has 0 saturated heterocycles. The Morgan fingerprint density at radius 1 is 1.07 bits per heavy atom. The van der Waals surface area contributed by atoms with Gasteiger partial charge in [0, 0.05) is 5.39 Å². The summed E-state index contributed by atoms with van der Waals surface area (Å²) < 4.78 is 10.9. The van der Waals surface area contributed by atoms with Gasteiger partial charge in [0.15, 0.2) is 5.44 Å². The standard InChI is InChI=1S/C9H8NO3P/c11-14(12,13)9-6-5-7-3-1-2-4-8(7)10-9/h1-6H,(H2,11,12,13). The van der Waals surface area contributed by atoms with Gasteiger partial charge in [0.05, 0.1) is 5.52 Å². The molecule has 4 nitrogen and oxygen atoms in total. The summed E-state index contributed by atoms with van der Waals surface area (Å²) in [6.07, 6.45) is 0. The van der Waals surface area contributed by atoms with Crippen LogP contribution in [0.2, 0.25) is 0 Å². The van der Waals surface area contributed by atoms with Crippen LogP contribution in [0.4, 0.5) is 0 Å². The SMILES string of the molecule is O=P(O)(O)c1ccc2ccccc2n1. The molecule has 0 bridgehead atoms. The Morgan fingerprint density at radius 3 is 2.50 bits per heavy atom. The minimum atomic E-state index is -4.23. The molecular formula is C9H8NO3P. The van der Waals surface area contributed by atoms with Crippen LogP contribution in [-0.2, 0) is 4.57 Å². The molecule has 0 amide bonds. The van der Waals surface area contributed by atoms with Crippen molar-refractivity contribution in [2.24, 2.45) is 0 Å². The van der Waals surface area contributed by atoms with Crippen molar-refractivity contribution in [2.45, 2.75) is 0 Å². The Bertz CT molecular complexity index is 520.